The van der Waals surface area contributed by atoms with Gasteiger partial charge in [0, 0.05) is 34.4 Å². The maximum Gasteiger partial charge on any atom is 0.264 e. The number of aliphatic hydroxyl groups excluding tert-OH is 2. The summed E-state index contributed by atoms with van der Waals surface area (Å²) in [6.07, 6.45) is 5.03. The zero-order valence-corrected chi connectivity index (χ0v) is 26.6. The van der Waals surface area contributed by atoms with Crippen LogP contribution in [0.5, 0.6) is 0 Å². The van der Waals surface area contributed by atoms with E-state index in [0.717, 1.165) is 15.6 Å². The average Bonchev–Trinajstić information content (AvgIpc) is 3.57. The monoisotopic (exact) mass is 673 g/mol. The second-order valence-corrected chi connectivity index (χ2v) is 12.2. The third kappa shape index (κ3) is 6.91. The van der Waals surface area contributed by atoms with E-state index in [4.69, 9.17) is 0 Å². The number of hydrogen-bond donors (Lipinski definition) is 4. The molecule has 2 heterocycles. The second-order valence-electron chi connectivity index (χ2n) is 11.2. The maximum atomic E-state index is 13.9. The molecule has 0 radical (unpaired) electrons. The van der Waals surface area contributed by atoms with Crippen LogP contribution in [0.2, 0.25) is 0 Å². The Balaban J connectivity index is 1.29. The lowest BCUT2D eigenvalue weighted by atomic mass is 9.83. The van der Waals surface area contributed by atoms with E-state index >= 15 is 0 Å². The molecule has 0 spiro atoms. The van der Waals surface area contributed by atoms with Gasteiger partial charge in [0.2, 0.25) is 0 Å². The predicted molar refractivity (Wildman–Crippen MR) is 174 cm³/mol. The van der Waals surface area contributed by atoms with E-state index < -0.39 is 29.4 Å². The van der Waals surface area contributed by atoms with Crippen LogP contribution in [0.1, 0.15) is 48.6 Å². The van der Waals surface area contributed by atoms with Crippen molar-refractivity contribution in [2.45, 2.75) is 51.0 Å². The van der Waals surface area contributed by atoms with Gasteiger partial charge in [-0.1, -0.05) is 82.7 Å². The Morgan fingerprint density at radius 1 is 1.09 bits per heavy atom. The minimum atomic E-state index is -1.79. The second kappa shape index (κ2) is 13.9. The number of allylic oxidation sites excluding steroid dienone is 1. The number of nitrogens with zero attached hydrogens (tertiary/aromatic N) is 4. The summed E-state index contributed by atoms with van der Waals surface area (Å²) in [5.41, 5.74) is 2.22. The summed E-state index contributed by atoms with van der Waals surface area (Å²) < 4.78 is 2.46. The Hall–Kier alpha value is -4.16. The number of fused-ring (bicyclic) bond motifs is 1. The van der Waals surface area contributed by atoms with Crippen molar-refractivity contribution in [3.63, 3.8) is 0 Å². The number of rotatable bonds is 12. The quantitative estimate of drug-likeness (QED) is 0.162. The number of carbonyl (C=O) groups excluding carboxylic acids is 2. The average molecular weight is 675 g/mol. The van der Waals surface area contributed by atoms with Gasteiger partial charge in [0.05, 0.1) is 30.5 Å². The van der Waals surface area contributed by atoms with Crippen molar-refractivity contribution in [2.75, 3.05) is 16.8 Å². The summed E-state index contributed by atoms with van der Waals surface area (Å²) in [5.74, 6) is -1.78. The van der Waals surface area contributed by atoms with Crippen LogP contribution in [0, 0.1) is 5.92 Å². The summed E-state index contributed by atoms with van der Waals surface area (Å²) in [7, 11) is 0. The number of amides is 2. The summed E-state index contributed by atoms with van der Waals surface area (Å²) in [6, 6.07) is 22.1. The molecule has 5 rings (SSSR count). The van der Waals surface area contributed by atoms with Gasteiger partial charge in [-0.05, 0) is 54.8 Å². The highest BCUT2D eigenvalue weighted by Gasteiger charge is 2.52. The zero-order valence-electron chi connectivity index (χ0n) is 25.0. The molecule has 45 heavy (non-hydrogen) atoms. The van der Waals surface area contributed by atoms with Crippen molar-refractivity contribution >= 4 is 39.1 Å². The molecular formula is C34H36BrN5O5. The molecule has 11 heteroatoms. The fourth-order valence-corrected chi connectivity index (χ4v) is 5.90. The molecule has 4 atom stereocenters. The Morgan fingerprint density at radius 3 is 2.60 bits per heavy atom. The van der Waals surface area contributed by atoms with Crippen LogP contribution in [0.25, 0.3) is 0 Å². The molecule has 3 aromatic carbocycles. The van der Waals surface area contributed by atoms with Gasteiger partial charge in [-0.3, -0.25) is 14.3 Å². The van der Waals surface area contributed by atoms with Crippen LogP contribution in [0.15, 0.2) is 95.6 Å². The predicted octanol–water partition coefficient (Wildman–Crippen LogP) is 4.50. The first kappa shape index (κ1) is 32.2. The summed E-state index contributed by atoms with van der Waals surface area (Å²) in [5, 5.41) is 42.6. The fraction of sp³-hybridized carbons (Fsp3) is 0.294. The van der Waals surface area contributed by atoms with Gasteiger partial charge in [-0.2, -0.15) is 0 Å². The van der Waals surface area contributed by atoms with Crippen LogP contribution < -0.4 is 10.2 Å². The van der Waals surface area contributed by atoms with Gasteiger partial charge < -0.3 is 25.5 Å². The standard InChI is InChI=1S/C34H36BrN5O5/c1-22(9-6-7-16-39-20-30(37-38-39)28(21-41)25-11-4-3-5-12-25)34(45)29-18-26(35)14-15-31(29)40(33(34)44)19-24-10-8-13-27(17-24)36-32(43)23(2)42/h3-6,8-15,17-18,20,22-23,28,41-42,45H,7,16,19,21H2,1-2H3,(H,36,43)/b9-6+/t22-,23-,28?,34+/m0/s1. The number of aryl methyl sites for hydroxylation is 1. The summed E-state index contributed by atoms with van der Waals surface area (Å²) in [6.45, 7) is 3.83. The highest BCUT2D eigenvalue weighted by molar-refractivity contribution is 9.10. The molecule has 1 unspecified atom stereocenters. The molecule has 234 valence electrons. The molecule has 4 aromatic rings. The molecular weight excluding hydrogens is 638 g/mol. The van der Waals surface area contributed by atoms with E-state index in [1.54, 1.807) is 33.8 Å². The highest BCUT2D eigenvalue weighted by Crippen LogP contribution is 2.46. The first-order valence-corrected chi connectivity index (χ1v) is 15.6. The molecule has 0 fully saturated rings. The van der Waals surface area contributed by atoms with Crippen LogP contribution in [-0.4, -0.2) is 54.8 Å². The number of hydrogen-bond acceptors (Lipinski definition) is 7. The van der Waals surface area contributed by atoms with Gasteiger partial charge in [0.1, 0.15) is 6.10 Å². The Kier molecular flexibility index (Phi) is 9.93. The Bertz CT molecular complexity index is 1690. The number of anilines is 2. The number of benzene rings is 3. The van der Waals surface area contributed by atoms with E-state index in [2.05, 4.69) is 31.6 Å². The number of aliphatic hydroxyl groups is 3. The number of halogens is 1. The summed E-state index contributed by atoms with van der Waals surface area (Å²) in [4.78, 5) is 27.5. The Labute approximate surface area is 270 Å². The molecule has 1 aliphatic rings. The van der Waals surface area contributed by atoms with Gasteiger partial charge in [0.15, 0.2) is 5.60 Å². The minimum Gasteiger partial charge on any atom is -0.395 e. The molecule has 0 aliphatic carbocycles. The highest BCUT2D eigenvalue weighted by atomic mass is 79.9. The fourth-order valence-electron chi connectivity index (χ4n) is 5.54. The molecule has 10 nitrogen and oxygen atoms in total. The molecule has 0 saturated carbocycles. The SMILES string of the molecule is C[C@H](O)C(=O)Nc1cccc(CN2C(=O)[C@@](O)([C@@H](C)/C=C/CCn3cc(C(CO)c4ccccc4)nn3)c3cc(Br)ccc32)c1. The zero-order chi connectivity index (χ0) is 32.1. The molecule has 1 aromatic heterocycles. The molecule has 1 aliphatic heterocycles. The number of carbonyl (C=O) groups is 2. The Morgan fingerprint density at radius 2 is 1.87 bits per heavy atom. The first-order chi connectivity index (χ1) is 21.6. The molecule has 4 N–H and O–H groups in total. The van der Waals surface area contributed by atoms with Crippen molar-refractivity contribution in [1.82, 2.24) is 15.0 Å². The number of aromatic nitrogens is 3. The van der Waals surface area contributed by atoms with E-state index in [0.29, 0.717) is 35.6 Å². The van der Waals surface area contributed by atoms with Crippen molar-refractivity contribution in [3.05, 3.63) is 118 Å². The maximum absolute atomic E-state index is 13.9. The smallest absolute Gasteiger partial charge is 0.264 e. The molecule has 0 saturated heterocycles. The van der Waals surface area contributed by atoms with Gasteiger partial charge in [-0.25, -0.2) is 0 Å². The van der Waals surface area contributed by atoms with Crippen molar-refractivity contribution in [2.24, 2.45) is 5.92 Å². The van der Waals surface area contributed by atoms with E-state index in [1.807, 2.05) is 73.8 Å². The van der Waals surface area contributed by atoms with Gasteiger partial charge in [-0.15, -0.1) is 5.10 Å². The van der Waals surface area contributed by atoms with Crippen LogP contribution >= 0.6 is 15.9 Å². The third-order valence-electron chi connectivity index (χ3n) is 8.05. The topological polar surface area (TPSA) is 141 Å². The van der Waals surface area contributed by atoms with E-state index in [9.17, 15) is 24.9 Å². The van der Waals surface area contributed by atoms with Crippen molar-refractivity contribution < 1.29 is 24.9 Å². The molecule has 0 bridgehead atoms. The van der Waals surface area contributed by atoms with Crippen LogP contribution in [0.3, 0.4) is 0 Å². The third-order valence-corrected chi connectivity index (χ3v) is 8.55. The number of nitrogens with one attached hydrogen (secondary N) is 1. The summed E-state index contributed by atoms with van der Waals surface area (Å²) >= 11 is 3.49. The van der Waals surface area contributed by atoms with E-state index in [-0.39, 0.29) is 19.1 Å². The van der Waals surface area contributed by atoms with Crippen LogP contribution in [0.4, 0.5) is 11.4 Å². The van der Waals surface area contributed by atoms with Gasteiger partial charge >= 0.3 is 0 Å². The lowest BCUT2D eigenvalue weighted by Crippen LogP contribution is -2.44. The van der Waals surface area contributed by atoms with Gasteiger partial charge in [0.25, 0.3) is 11.8 Å². The minimum absolute atomic E-state index is 0.0771. The molecule has 2 amide bonds. The van der Waals surface area contributed by atoms with Crippen molar-refractivity contribution in [3.8, 4) is 0 Å². The van der Waals surface area contributed by atoms with Crippen LogP contribution in [-0.2, 0) is 28.3 Å². The van der Waals surface area contributed by atoms with E-state index in [1.165, 1.54) is 6.92 Å². The largest absolute Gasteiger partial charge is 0.395 e. The lowest BCUT2D eigenvalue weighted by molar-refractivity contribution is -0.139. The first-order valence-electron chi connectivity index (χ1n) is 14.8. The lowest BCUT2D eigenvalue weighted by Gasteiger charge is -2.28. The van der Waals surface area contributed by atoms with Crippen molar-refractivity contribution in [1.29, 1.82) is 0 Å². The normalized spacial score (nSPS) is 18.2.